The lowest BCUT2D eigenvalue weighted by molar-refractivity contribution is 0.283. The van der Waals surface area contributed by atoms with Crippen molar-refractivity contribution in [3.8, 4) is 0 Å². The summed E-state index contributed by atoms with van der Waals surface area (Å²) >= 11 is 7.71. The lowest BCUT2D eigenvalue weighted by Gasteiger charge is -2.02. The highest BCUT2D eigenvalue weighted by Crippen LogP contribution is 2.26. The molecule has 0 amide bonds. The molecule has 0 saturated carbocycles. The molecule has 1 N–H and O–H groups in total. The average Bonchev–Trinajstić information content (AvgIpc) is 3.12. The third-order valence-corrected chi connectivity index (χ3v) is 4.58. The fourth-order valence-corrected chi connectivity index (χ4v) is 3.51. The van der Waals surface area contributed by atoms with Gasteiger partial charge in [0.25, 0.3) is 0 Å². The van der Waals surface area contributed by atoms with Crippen molar-refractivity contribution < 1.29 is 5.11 Å². The van der Waals surface area contributed by atoms with Crippen molar-refractivity contribution >= 4 is 38.8 Å². The molecule has 21 heavy (non-hydrogen) atoms. The Morgan fingerprint density at radius 3 is 3.00 bits per heavy atom. The molecule has 0 aliphatic heterocycles. The number of imidazole rings is 1. The molecule has 0 unspecified atom stereocenters. The van der Waals surface area contributed by atoms with Gasteiger partial charge >= 0.3 is 0 Å². The van der Waals surface area contributed by atoms with E-state index >= 15 is 0 Å². The second-order valence-electron chi connectivity index (χ2n) is 4.93. The van der Waals surface area contributed by atoms with Crippen molar-refractivity contribution in [2.45, 2.75) is 13.2 Å². The van der Waals surface area contributed by atoms with Crippen LogP contribution in [0.1, 0.15) is 11.3 Å². The van der Waals surface area contributed by atoms with Crippen molar-refractivity contribution in [2.24, 2.45) is 0 Å². The molecule has 0 saturated heterocycles. The predicted molar refractivity (Wildman–Crippen MR) is 85.0 cm³/mol. The number of thiazole rings is 1. The standard InChI is InChI=1S/C15H12ClN3OS/c16-11-1-2-13-10(9-20)6-19(14(13)5-11)8-12-7-18-3-4-21-15(18)17-12/h1-7,20H,8-9H2. The maximum absolute atomic E-state index is 9.50. The summed E-state index contributed by atoms with van der Waals surface area (Å²) in [5, 5.41) is 13.2. The van der Waals surface area contributed by atoms with Crippen molar-refractivity contribution in [3.63, 3.8) is 0 Å². The van der Waals surface area contributed by atoms with Gasteiger partial charge in [-0.25, -0.2) is 4.98 Å². The Kier molecular flexibility index (Phi) is 2.99. The Labute approximate surface area is 129 Å². The minimum atomic E-state index is 0.0173. The number of nitrogens with zero attached hydrogens (tertiary/aromatic N) is 3. The Morgan fingerprint density at radius 2 is 2.19 bits per heavy atom. The van der Waals surface area contributed by atoms with Crippen molar-refractivity contribution in [1.82, 2.24) is 14.0 Å². The minimum absolute atomic E-state index is 0.0173. The molecule has 0 radical (unpaired) electrons. The Bertz CT molecular complexity index is 909. The number of hydrogen-bond donors (Lipinski definition) is 1. The number of halogens is 1. The topological polar surface area (TPSA) is 42.5 Å². The second-order valence-corrected chi connectivity index (χ2v) is 6.24. The van der Waals surface area contributed by atoms with Gasteiger partial charge in [-0.05, 0) is 12.1 Å². The van der Waals surface area contributed by atoms with Crippen molar-refractivity contribution in [2.75, 3.05) is 0 Å². The summed E-state index contributed by atoms with van der Waals surface area (Å²) in [6.45, 7) is 0.675. The highest BCUT2D eigenvalue weighted by Gasteiger charge is 2.10. The van der Waals surface area contributed by atoms with E-state index in [1.54, 1.807) is 11.3 Å². The number of rotatable bonds is 3. The van der Waals surface area contributed by atoms with Gasteiger partial charge in [0.15, 0.2) is 4.96 Å². The van der Waals surface area contributed by atoms with Gasteiger partial charge in [0.05, 0.1) is 24.4 Å². The van der Waals surface area contributed by atoms with E-state index in [4.69, 9.17) is 11.6 Å². The summed E-state index contributed by atoms with van der Waals surface area (Å²) in [6, 6.07) is 5.72. The first kappa shape index (κ1) is 12.9. The van der Waals surface area contributed by atoms with Crippen LogP contribution >= 0.6 is 22.9 Å². The molecule has 4 aromatic rings. The number of aliphatic hydroxyl groups excluding tert-OH is 1. The third-order valence-electron chi connectivity index (χ3n) is 3.57. The normalized spacial score (nSPS) is 11.7. The van der Waals surface area contributed by atoms with Crippen molar-refractivity contribution in [3.05, 3.63) is 58.4 Å². The number of aromatic nitrogens is 3. The highest BCUT2D eigenvalue weighted by molar-refractivity contribution is 7.15. The van der Waals surface area contributed by atoms with E-state index < -0.39 is 0 Å². The first-order valence-electron chi connectivity index (χ1n) is 6.54. The lowest BCUT2D eigenvalue weighted by Crippen LogP contribution is -1.98. The smallest absolute Gasteiger partial charge is 0.193 e. The van der Waals surface area contributed by atoms with Crippen LogP contribution in [0.15, 0.2) is 42.2 Å². The molecule has 3 heterocycles. The SMILES string of the molecule is OCc1cn(Cc2cn3ccsc3n2)c2cc(Cl)ccc12. The van der Waals surface area contributed by atoms with Crippen LogP contribution in [0.25, 0.3) is 15.9 Å². The molecule has 0 bridgehead atoms. The lowest BCUT2D eigenvalue weighted by atomic mass is 10.2. The molecule has 0 aliphatic rings. The fourth-order valence-electron chi connectivity index (χ4n) is 2.62. The van der Waals surface area contributed by atoms with Crippen LogP contribution in [-0.4, -0.2) is 19.1 Å². The van der Waals surface area contributed by atoms with Crippen LogP contribution in [-0.2, 0) is 13.2 Å². The van der Waals surface area contributed by atoms with Crippen LogP contribution in [0.3, 0.4) is 0 Å². The van der Waals surface area contributed by atoms with Gasteiger partial charge < -0.3 is 9.67 Å². The summed E-state index contributed by atoms with van der Waals surface area (Å²) in [4.78, 5) is 5.59. The maximum atomic E-state index is 9.50. The second kappa shape index (κ2) is 4.87. The summed E-state index contributed by atoms with van der Waals surface area (Å²) in [7, 11) is 0. The molecule has 6 heteroatoms. The molecule has 0 atom stereocenters. The van der Waals surface area contributed by atoms with Gasteiger partial charge in [-0.15, -0.1) is 11.3 Å². The molecular formula is C15H12ClN3OS. The molecule has 0 aliphatic carbocycles. The zero-order valence-corrected chi connectivity index (χ0v) is 12.6. The summed E-state index contributed by atoms with van der Waals surface area (Å²) in [5.41, 5.74) is 2.91. The molecule has 4 nitrogen and oxygen atoms in total. The number of hydrogen-bond acceptors (Lipinski definition) is 3. The third kappa shape index (κ3) is 2.14. The van der Waals surface area contributed by atoms with Crippen LogP contribution in [0.2, 0.25) is 5.02 Å². The van der Waals surface area contributed by atoms with Crippen LogP contribution in [0, 0.1) is 0 Å². The monoisotopic (exact) mass is 317 g/mol. The summed E-state index contributed by atoms with van der Waals surface area (Å²) < 4.78 is 4.10. The van der Waals surface area contributed by atoms with E-state index in [9.17, 15) is 5.11 Å². The van der Waals surface area contributed by atoms with Crippen LogP contribution in [0.5, 0.6) is 0 Å². The van der Waals surface area contributed by atoms with Crippen molar-refractivity contribution in [1.29, 1.82) is 0 Å². The quantitative estimate of drug-likeness (QED) is 0.628. The first-order chi connectivity index (χ1) is 10.2. The van der Waals surface area contributed by atoms with Gasteiger partial charge in [-0.3, -0.25) is 4.40 Å². The molecule has 4 rings (SSSR count). The first-order valence-corrected chi connectivity index (χ1v) is 7.79. The molecule has 3 aromatic heterocycles. The Hall–Kier alpha value is -1.82. The minimum Gasteiger partial charge on any atom is -0.392 e. The van der Waals surface area contributed by atoms with E-state index in [0.717, 1.165) is 27.1 Å². The predicted octanol–water partition coefficient (Wildman–Crippen LogP) is 3.54. The number of benzene rings is 1. The summed E-state index contributed by atoms with van der Waals surface area (Å²) in [5.74, 6) is 0. The average molecular weight is 318 g/mol. The van der Waals surface area contributed by atoms with E-state index in [2.05, 4.69) is 9.55 Å². The van der Waals surface area contributed by atoms with Gasteiger partial charge in [0.2, 0.25) is 0 Å². The van der Waals surface area contributed by atoms with E-state index in [1.165, 1.54) is 0 Å². The zero-order valence-electron chi connectivity index (χ0n) is 11.0. The van der Waals surface area contributed by atoms with E-state index in [-0.39, 0.29) is 6.61 Å². The Morgan fingerprint density at radius 1 is 1.29 bits per heavy atom. The highest BCUT2D eigenvalue weighted by atomic mass is 35.5. The molecule has 106 valence electrons. The van der Waals surface area contributed by atoms with Crippen LogP contribution in [0.4, 0.5) is 0 Å². The number of fused-ring (bicyclic) bond motifs is 2. The Balaban J connectivity index is 1.81. The van der Waals surface area contributed by atoms with Gasteiger partial charge in [-0.1, -0.05) is 17.7 Å². The summed E-state index contributed by atoms with van der Waals surface area (Å²) in [6.07, 6.45) is 6.00. The fraction of sp³-hybridized carbons (Fsp3) is 0.133. The van der Waals surface area contributed by atoms with E-state index in [1.807, 2.05) is 46.6 Å². The zero-order chi connectivity index (χ0) is 14.4. The maximum Gasteiger partial charge on any atom is 0.193 e. The van der Waals surface area contributed by atoms with E-state index in [0.29, 0.717) is 11.6 Å². The van der Waals surface area contributed by atoms with Gasteiger partial charge in [-0.2, -0.15) is 0 Å². The molecular weight excluding hydrogens is 306 g/mol. The van der Waals surface area contributed by atoms with Gasteiger partial charge in [0, 0.05) is 39.9 Å². The molecule has 0 spiro atoms. The largest absolute Gasteiger partial charge is 0.392 e. The van der Waals surface area contributed by atoms with Gasteiger partial charge in [0.1, 0.15) is 0 Å². The molecule has 1 aromatic carbocycles. The molecule has 0 fully saturated rings. The number of aliphatic hydroxyl groups is 1. The van der Waals surface area contributed by atoms with Crippen LogP contribution < -0.4 is 0 Å².